The van der Waals surface area contributed by atoms with E-state index in [-0.39, 0.29) is 5.91 Å². The minimum absolute atomic E-state index is 0.323. The number of hydrogen-bond donors (Lipinski definition) is 2. The molecule has 0 saturated carbocycles. The summed E-state index contributed by atoms with van der Waals surface area (Å²) in [6.07, 6.45) is 2.88. The van der Waals surface area contributed by atoms with Gasteiger partial charge in [-0.2, -0.15) is 0 Å². The third-order valence-corrected chi connectivity index (χ3v) is 2.32. The van der Waals surface area contributed by atoms with Crippen molar-refractivity contribution in [2.45, 2.75) is 0 Å². The second kappa shape index (κ2) is 4.80. The van der Waals surface area contributed by atoms with E-state index in [1.165, 1.54) is 18.6 Å². The van der Waals surface area contributed by atoms with E-state index >= 15 is 0 Å². The van der Waals surface area contributed by atoms with E-state index in [0.29, 0.717) is 22.1 Å². The number of aromatic nitrogens is 2. The van der Waals surface area contributed by atoms with Crippen molar-refractivity contribution in [3.05, 3.63) is 47.4 Å². The van der Waals surface area contributed by atoms with Gasteiger partial charge in [0.15, 0.2) is 0 Å². The molecule has 1 aromatic heterocycles. The molecule has 5 nitrogen and oxygen atoms in total. The summed E-state index contributed by atoms with van der Waals surface area (Å²) in [5, 5.41) is 3.09. The monoisotopic (exact) mass is 248 g/mol. The number of nitrogens with zero attached hydrogens (tertiary/aromatic N) is 2. The molecule has 0 aliphatic heterocycles. The van der Waals surface area contributed by atoms with Gasteiger partial charge in [-0.1, -0.05) is 11.6 Å². The molecule has 1 heterocycles. The second-order valence-electron chi connectivity index (χ2n) is 3.28. The third-order valence-electron chi connectivity index (χ3n) is 2.08. The van der Waals surface area contributed by atoms with Crippen molar-refractivity contribution in [1.82, 2.24) is 9.97 Å². The number of carbonyl (C=O) groups is 1. The molecule has 1 aromatic carbocycles. The number of anilines is 2. The number of carbonyl (C=O) groups excluding carboxylic acids is 1. The summed E-state index contributed by atoms with van der Waals surface area (Å²) in [4.78, 5) is 19.5. The molecule has 3 N–H and O–H groups in total. The molecule has 0 bridgehead atoms. The normalized spacial score (nSPS) is 9.94. The van der Waals surface area contributed by atoms with Crippen LogP contribution in [0.3, 0.4) is 0 Å². The molecule has 0 aliphatic carbocycles. The van der Waals surface area contributed by atoms with Gasteiger partial charge in [0.2, 0.25) is 0 Å². The van der Waals surface area contributed by atoms with Gasteiger partial charge < -0.3 is 11.1 Å². The lowest BCUT2D eigenvalue weighted by atomic mass is 10.1. The van der Waals surface area contributed by atoms with Crippen LogP contribution in [0.5, 0.6) is 0 Å². The first-order valence-corrected chi connectivity index (χ1v) is 5.17. The molecule has 0 unspecified atom stereocenters. The molecule has 0 atom stereocenters. The van der Waals surface area contributed by atoms with E-state index < -0.39 is 0 Å². The van der Waals surface area contributed by atoms with Crippen LogP contribution < -0.4 is 11.1 Å². The van der Waals surface area contributed by atoms with Crippen molar-refractivity contribution in [2.75, 3.05) is 11.1 Å². The molecule has 0 saturated heterocycles. The fourth-order valence-electron chi connectivity index (χ4n) is 1.29. The van der Waals surface area contributed by atoms with Gasteiger partial charge in [0, 0.05) is 16.9 Å². The number of nitrogens with two attached hydrogens (primary N) is 1. The minimum atomic E-state index is -0.335. The molecule has 0 radical (unpaired) electrons. The highest BCUT2D eigenvalue weighted by molar-refractivity contribution is 6.31. The Hall–Kier alpha value is -2.14. The summed E-state index contributed by atoms with van der Waals surface area (Å²) in [6.45, 7) is 0. The Morgan fingerprint density at radius 3 is 2.82 bits per heavy atom. The molecule has 2 rings (SSSR count). The lowest BCUT2D eigenvalue weighted by Gasteiger charge is -2.06. The molecular formula is C11H9ClN4O. The van der Waals surface area contributed by atoms with Crippen molar-refractivity contribution < 1.29 is 4.79 Å². The Morgan fingerprint density at radius 2 is 2.18 bits per heavy atom. The first-order valence-electron chi connectivity index (χ1n) is 4.79. The Labute approximate surface area is 103 Å². The Morgan fingerprint density at radius 1 is 1.35 bits per heavy atom. The molecule has 6 heteroatoms. The summed E-state index contributed by atoms with van der Waals surface area (Å²) in [7, 11) is 0. The maximum Gasteiger partial charge on any atom is 0.258 e. The highest BCUT2D eigenvalue weighted by Crippen LogP contribution is 2.18. The molecule has 0 fully saturated rings. The number of hydrogen-bond acceptors (Lipinski definition) is 4. The number of halogens is 1. The molecular weight excluding hydrogens is 240 g/mol. The molecule has 1 amide bonds. The van der Waals surface area contributed by atoms with Crippen LogP contribution in [-0.4, -0.2) is 15.9 Å². The standard InChI is InChI=1S/C11H9ClN4O/c12-7-1-2-8(9(13)5-7)11(17)16-10-3-4-14-6-15-10/h1-6H,13H2,(H,14,15,16,17). The van der Waals surface area contributed by atoms with Crippen LogP contribution in [0, 0.1) is 0 Å². The van der Waals surface area contributed by atoms with E-state index in [1.54, 1.807) is 18.2 Å². The second-order valence-corrected chi connectivity index (χ2v) is 3.72. The fourth-order valence-corrected chi connectivity index (χ4v) is 1.47. The molecule has 0 aliphatic rings. The van der Waals surface area contributed by atoms with Gasteiger partial charge in [0.05, 0.1) is 5.56 Å². The molecule has 2 aromatic rings. The van der Waals surface area contributed by atoms with Crippen molar-refractivity contribution in [3.63, 3.8) is 0 Å². The van der Waals surface area contributed by atoms with Gasteiger partial charge in [0.25, 0.3) is 5.91 Å². The summed E-state index contributed by atoms with van der Waals surface area (Å²) >= 11 is 5.75. The zero-order valence-electron chi connectivity index (χ0n) is 8.72. The third kappa shape index (κ3) is 2.70. The van der Waals surface area contributed by atoms with Gasteiger partial charge in [-0.05, 0) is 24.3 Å². The zero-order valence-corrected chi connectivity index (χ0v) is 9.48. The summed E-state index contributed by atoms with van der Waals surface area (Å²) < 4.78 is 0. The quantitative estimate of drug-likeness (QED) is 0.796. The van der Waals surface area contributed by atoms with Crippen molar-refractivity contribution in [2.24, 2.45) is 0 Å². The lowest BCUT2D eigenvalue weighted by molar-refractivity contribution is 0.102. The van der Waals surface area contributed by atoms with E-state index in [2.05, 4.69) is 15.3 Å². The number of nitrogens with one attached hydrogen (secondary N) is 1. The SMILES string of the molecule is Nc1cc(Cl)ccc1C(=O)Nc1ccncn1. The Bertz CT molecular complexity index is 544. The number of benzene rings is 1. The minimum Gasteiger partial charge on any atom is -0.398 e. The Kier molecular flexibility index (Phi) is 3.20. The van der Waals surface area contributed by atoms with Gasteiger partial charge in [0.1, 0.15) is 12.1 Å². The van der Waals surface area contributed by atoms with Crippen LogP contribution in [0.15, 0.2) is 36.8 Å². The molecule has 0 spiro atoms. The summed E-state index contributed by atoms with van der Waals surface area (Å²) in [5.74, 6) is 0.0808. The zero-order chi connectivity index (χ0) is 12.3. The van der Waals surface area contributed by atoms with E-state index in [9.17, 15) is 4.79 Å². The average Bonchev–Trinajstić information content (AvgIpc) is 2.30. The van der Waals surface area contributed by atoms with Crippen molar-refractivity contribution in [3.8, 4) is 0 Å². The van der Waals surface area contributed by atoms with E-state index in [1.807, 2.05) is 0 Å². The predicted octanol–water partition coefficient (Wildman–Crippen LogP) is 1.96. The maximum absolute atomic E-state index is 11.9. The van der Waals surface area contributed by atoms with Crippen LogP contribution >= 0.6 is 11.6 Å². The van der Waals surface area contributed by atoms with Crippen LogP contribution in [0.2, 0.25) is 5.02 Å². The largest absolute Gasteiger partial charge is 0.398 e. The molecule has 17 heavy (non-hydrogen) atoms. The van der Waals surface area contributed by atoms with Crippen LogP contribution in [0.25, 0.3) is 0 Å². The van der Waals surface area contributed by atoms with E-state index in [4.69, 9.17) is 17.3 Å². The topological polar surface area (TPSA) is 80.9 Å². The van der Waals surface area contributed by atoms with Gasteiger partial charge >= 0.3 is 0 Å². The molecule has 86 valence electrons. The Balaban J connectivity index is 2.21. The van der Waals surface area contributed by atoms with Crippen LogP contribution in [-0.2, 0) is 0 Å². The highest BCUT2D eigenvalue weighted by Gasteiger charge is 2.10. The van der Waals surface area contributed by atoms with Gasteiger partial charge in [-0.25, -0.2) is 9.97 Å². The number of nitrogen functional groups attached to an aromatic ring is 1. The highest BCUT2D eigenvalue weighted by atomic mass is 35.5. The first-order chi connectivity index (χ1) is 8.16. The number of amides is 1. The number of rotatable bonds is 2. The van der Waals surface area contributed by atoms with Crippen LogP contribution in [0.1, 0.15) is 10.4 Å². The summed E-state index contributed by atoms with van der Waals surface area (Å²) in [6, 6.07) is 6.28. The predicted molar refractivity (Wildman–Crippen MR) is 65.8 cm³/mol. The maximum atomic E-state index is 11.9. The average molecular weight is 249 g/mol. The lowest BCUT2D eigenvalue weighted by Crippen LogP contribution is -2.14. The fraction of sp³-hybridized carbons (Fsp3) is 0. The van der Waals surface area contributed by atoms with Crippen molar-refractivity contribution in [1.29, 1.82) is 0 Å². The summed E-state index contributed by atoms with van der Waals surface area (Å²) in [5.41, 5.74) is 6.38. The first kappa shape index (κ1) is 11.3. The van der Waals surface area contributed by atoms with Crippen molar-refractivity contribution >= 4 is 29.0 Å². The smallest absolute Gasteiger partial charge is 0.258 e. The van der Waals surface area contributed by atoms with Gasteiger partial charge in [-0.3, -0.25) is 4.79 Å². The van der Waals surface area contributed by atoms with Crippen LogP contribution in [0.4, 0.5) is 11.5 Å². The van der Waals surface area contributed by atoms with E-state index in [0.717, 1.165) is 0 Å². The van der Waals surface area contributed by atoms with Gasteiger partial charge in [-0.15, -0.1) is 0 Å².